The Bertz CT molecular complexity index is 624. The molecule has 3 heteroatoms. The number of benzene rings is 2. The van der Waals surface area contributed by atoms with E-state index >= 15 is 0 Å². The molecule has 2 N–H and O–H groups in total. The standard InChI is InChI=1S/C18H22N2O/c1-2-21-17-12-7-11-16(18(17)19)20-13-6-5-9-14-8-3-4-10-15(14)20/h3-4,7-8,10-12H,2,5-6,9,13,19H2,1H3. The van der Waals surface area contributed by atoms with Gasteiger partial charge in [-0.1, -0.05) is 24.3 Å². The molecule has 2 aromatic carbocycles. The minimum Gasteiger partial charge on any atom is -0.492 e. The Labute approximate surface area is 126 Å². The van der Waals surface area contributed by atoms with Crippen molar-refractivity contribution in [3.05, 3.63) is 48.0 Å². The van der Waals surface area contributed by atoms with E-state index in [9.17, 15) is 0 Å². The second kappa shape index (κ2) is 6.08. The minimum absolute atomic E-state index is 0.629. The summed E-state index contributed by atoms with van der Waals surface area (Å²) in [5, 5.41) is 0. The zero-order valence-electron chi connectivity index (χ0n) is 12.5. The molecule has 0 aromatic heterocycles. The molecule has 0 fully saturated rings. The Balaban J connectivity index is 2.06. The third kappa shape index (κ3) is 2.68. The maximum atomic E-state index is 6.34. The van der Waals surface area contributed by atoms with Gasteiger partial charge in [-0.05, 0) is 49.9 Å². The second-order valence-electron chi connectivity index (χ2n) is 5.36. The van der Waals surface area contributed by atoms with Crippen molar-refractivity contribution in [3.8, 4) is 5.75 Å². The lowest BCUT2D eigenvalue weighted by Crippen LogP contribution is -2.19. The van der Waals surface area contributed by atoms with Crippen LogP contribution >= 0.6 is 0 Å². The van der Waals surface area contributed by atoms with Crippen LogP contribution in [0.1, 0.15) is 25.3 Å². The van der Waals surface area contributed by atoms with Crippen molar-refractivity contribution < 1.29 is 4.74 Å². The van der Waals surface area contributed by atoms with Gasteiger partial charge in [-0.2, -0.15) is 0 Å². The average molecular weight is 282 g/mol. The highest BCUT2D eigenvalue weighted by molar-refractivity contribution is 5.80. The first-order valence-corrected chi connectivity index (χ1v) is 7.68. The maximum absolute atomic E-state index is 6.34. The van der Waals surface area contributed by atoms with Crippen molar-refractivity contribution in [2.75, 3.05) is 23.8 Å². The van der Waals surface area contributed by atoms with Crippen molar-refractivity contribution in [1.82, 2.24) is 0 Å². The first-order chi connectivity index (χ1) is 10.3. The van der Waals surface area contributed by atoms with Crippen LogP contribution in [-0.4, -0.2) is 13.2 Å². The Morgan fingerprint density at radius 1 is 1.05 bits per heavy atom. The van der Waals surface area contributed by atoms with Crippen LogP contribution < -0.4 is 15.4 Å². The summed E-state index contributed by atoms with van der Waals surface area (Å²) >= 11 is 0. The Morgan fingerprint density at radius 2 is 1.86 bits per heavy atom. The summed E-state index contributed by atoms with van der Waals surface area (Å²) in [7, 11) is 0. The normalized spacial score (nSPS) is 14.4. The number of fused-ring (bicyclic) bond motifs is 1. The van der Waals surface area contributed by atoms with E-state index in [1.54, 1.807) is 0 Å². The summed E-state index contributed by atoms with van der Waals surface area (Å²) < 4.78 is 5.64. The van der Waals surface area contributed by atoms with Crippen LogP contribution in [0.25, 0.3) is 0 Å². The molecule has 0 radical (unpaired) electrons. The molecule has 110 valence electrons. The molecule has 1 heterocycles. The molecule has 0 spiro atoms. The van der Waals surface area contributed by atoms with E-state index in [0.717, 1.165) is 30.1 Å². The Hall–Kier alpha value is -2.16. The quantitative estimate of drug-likeness (QED) is 0.860. The van der Waals surface area contributed by atoms with Gasteiger partial charge in [0, 0.05) is 12.2 Å². The summed E-state index contributed by atoms with van der Waals surface area (Å²) in [6.45, 7) is 3.61. The molecule has 0 saturated carbocycles. The average Bonchev–Trinajstić information content (AvgIpc) is 2.72. The molecule has 0 saturated heterocycles. The molecule has 0 aliphatic carbocycles. The first-order valence-electron chi connectivity index (χ1n) is 7.68. The SMILES string of the molecule is CCOc1cccc(N2CCCCc3ccccc32)c1N. The van der Waals surface area contributed by atoms with E-state index in [0.29, 0.717) is 6.61 Å². The lowest BCUT2D eigenvalue weighted by atomic mass is 10.1. The molecule has 0 bridgehead atoms. The number of anilines is 3. The number of hydrogen-bond acceptors (Lipinski definition) is 3. The van der Waals surface area contributed by atoms with Gasteiger partial charge in [0.15, 0.2) is 0 Å². The first kappa shape index (κ1) is 13.8. The van der Waals surface area contributed by atoms with Crippen molar-refractivity contribution in [2.24, 2.45) is 0 Å². The smallest absolute Gasteiger partial charge is 0.144 e. The van der Waals surface area contributed by atoms with Gasteiger partial charge in [0.05, 0.1) is 18.0 Å². The number of aryl methyl sites for hydroxylation is 1. The maximum Gasteiger partial charge on any atom is 0.144 e. The van der Waals surface area contributed by atoms with Gasteiger partial charge in [-0.15, -0.1) is 0 Å². The monoisotopic (exact) mass is 282 g/mol. The number of hydrogen-bond donors (Lipinski definition) is 1. The fourth-order valence-corrected chi connectivity index (χ4v) is 2.99. The van der Waals surface area contributed by atoms with E-state index < -0.39 is 0 Å². The highest BCUT2D eigenvalue weighted by Gasteiger charge is 2.19. The zero-order valence-corrected chi connectivity index (χ0v) is 12.5. The van der Waals surface area contributed by atoms with E-state index in [-0.39, 0.29) is 0 Å². The van der Waals surface area contributed by atoms with Gasteiger partial charge in [0.2, 0.25) is 0 Å². The summed E-state index contributed by atoms with van der Waals surface area (Å²) in [4.78, 5) is 2.33. The molecule has 1 aliphatic heterocycles. The van der Waals surface area contributed by atoms with Crippen molar-refractivity contribution in [2.45, 2.75) is 26.2 Å². The summed E-state index contributed by atoms with van der Waals surface area (Å²) in [5.41, 5.74) is 10.8. The number of nitrogens with two attached hydrogens (primary N) is 1. The predicted molar refractivity (Wildman–Crippen MR) is 88.4 cm³/mol. The lowest BCUT2D eigenvalue weighted by molar-refractivity contribution is 0.342. The fraction of sp³-hybridized carbons (Fsp3) is 0.333. The largest absolute Gasteiger partial charge is 0.492 e. The van der Waals surface area contributed by atoms with Gasteiger partial charge in [0.25, 0.3) is 0 Å². The van der Waals surface area contributed by atoms with E-state index in [4.69, 9.17) is 10.5 Å². The van der Waals surface area contributed by atoms with Crippen LogP contribution in [0.5, 0.6) is 5.75 Å². The van der Waals surface area contributed by atoms with Crippen LogP contribution in [-0.2, 0) is 6.42 Å². The Morgan fingerprint density at radius 3 is 2.71 bits per heavy atom. The predicted octanol–water partition coefficient (Wildman–Crippen LogP) is 4.14. The van der Waals surface area contributed by atoms with Crippen LogP contribution in [0.4, 0.5) is 17.1 Å². The molecule has 2 aromatic rings. The van der Waals surface area contributed by atoms with Crippen molar-refractivity contribution in [1.29, 1.82) is 0 Å². The van der Waals surface area contributed by atoms with Gasteiger partial charge in [-0.25, -0.2) is 0 Å². The number of nitrogen functional groups attached to an aromatic ring is 1. The van der Waals surface area contributed by atoms with Crippen molar-refractivity contribution >= 4 is 17.1 Å². The van der Waals surface area contributed by atoms with Crippen molar-refractivity contribution in [3.63, 3.8) is 0 Å². The molecule has 3 nitrogen and oxygen atoms in total. The minimum atomic E-state index is 0.629. The van der Waals surface area contributed by atoms with E-state index in [2.05, 4.69) is 35.2 Å². The summed E-state index contributed by atoms with van der Waals surface area (Å²) in [6, 6.07) is 14.7. The summed E-state index contributed by atoms with van der Waals surface area (Å²) in [6.07, 6.45) is 3.53. The molecule has 21 heavy (non-hydrogen) atoms. The third-order valence-electron chi connectivity index (χ3n) is 3.99. The van der Waals surface area contributed by atoms with Gasteiger partial charge >= 0.3 is 0 Å². The molecule has 3 rings (SSSR count). The van der Waals surface area contributed by atoms with Crippen LogP contribution in [0, 0.1) is 0 Å². The lowest BCUT2D eigenvalue weighted by Gasteiger charge is -2.27. The van der Waals surface area contributed by atoms with Crippen LogP contribution in [0.15, 0.2) is 42.5 Å². The highest BCUT2D eigenvalue weighted by Crippen LogP contribution is 2.39. The molecule has 0 amide bonds. The van der Waals surface area contributed by atoms with E-state index in [1.165, 1.54) is 24.1 Å². The molecule has 0 atom stereocenters. The molecule has 0 unspecified atom stereocenters. The van der Waals surface area contributed by atoms with Crippen LogP contribution in [0.3, 0.4) is 0 Å². The molecule has 1 aliphatic rings. The number of ether oxygens (including phenoxy) is 1. The Kier molecular flexibility index (Phi) is 4.00. The fourth-order valence-electron chi connectivity index (χ4n) is 2.99. The number of para-hydroxylation sites is 2. The highest BCUT2D eigenvalue weighted by atomic mass is 16.5. The van der Waals surface area contributed by atoms with Gasteiger partial charge < -0.3 is 15.4 Å². The van der Waals surface area contributed by atoms with Gasteiger partial charge in [-0.3, -0.25) is 0 Å². The van der Waals surface area contributed by atoms with Gasteiger partial charge in [0.1, 0.15) is 5.75 Å². The number of nitrogens with zero attached hydrogens (tertiary/aromatic N) is 1. The topological polar surface area (TPSA) is 38.5 Å². The zero-order chi connectivity index (χ0) is 14.7. The summed E-state index contributed by atoms with van der Waals surface area (Å²) in [5.74, 6) is 0.775. The van der Waals surface area contributed by atoms with E-state index in [1.807, 2.05) is 19.1 Å². The molecular formula is C18H22N2O. The molecular weight excluding hydrogens is 260 g/mol. The third-order valence-corrected chi connectivity index (χ3v) is 3.99. The van der Waals surface area contributed by atoms with Crippen LogP contribution in [0.2, 0.25) is 0 Å². The number of rotatable bonds is 3. The second-order valence-corrected chi connectivity index (χ2v) is 5.36.